The largest absolute Gasteiger partial charge is 0.349 e. The van der Waals surface area contributed by atoms with Crippen molar-refractivity contribution in [2.45, 2.75) is 25.8 Å². The molecule has 0 saturated carbocycles. The summed E-state index contributed by atoms with van der Waals surface area (Å²) >= 11 is 1.51. The standard InChI is InChI=1S/C18H21N3O2S/c1-13-4-2-3-5-16(13)20-18(23)21-9-6-15(7-10-21)19-17(22)14-8-11-24-12-14/h2-5,8,11-12,15H,6-7,9-10H2,1H3,(H,19,22)(H,20,23). The molecule has 1 fully saturated rings. The average Bonchev–Trinajstić information content (AvgIpc) is 3.12. The fourth-order valence-electron chi connectivity index (χ4n) is 2.80. The molecule has 5 nitrogen and oxygen atoms in total. The second kappa shape index (κ2) is 7.49. The van der Waals surface area contributed by atoms with Gasteiger partial charge in [-0.1, -0.05) is 18.2 Å². The number of carbonyl (C=O) groups is 2. The number of carbonyl (C=O) groups excluding carboxylic acids is 2. The number of nitrogens with zero attached hydrogens (tertiary/aromatic N) is 1. The summed E-state index contributed by atoms with van der Waals surface area (Å²) in [6.45, 7) is 3.26. The molecule has 1 aliphatic rings. The monoisotopic (exact) mass is 343 g/mol. The molecule has 0 radical (unpaired) electrons. The van der Waals surface area contributed by atoms with Gasteiger partial charge in [-0.2, -0.15) is 11.3 Å². The number of para-hydroxylation sites is 1. The van der Waals surface area contributed by atoms with E-state index in [0.29, 0.717) is 18.7 Å². The first-order valence-electron chi connectivity index (χ1n) is 8.08. The number of nitrogens with one attached hydrogen (secondary N) is 2. The summed E-state index contributed by atoms with van der Waals surface area (Å²) in [5.74, 6) is -0.0286. The second-order valence-electron chi connectivity index (χ2n) is 5.99. The minimum absolute atomic E-state index is 0.0286. The fraction of sp³-hybridized carbons (Fsp3) is 0.333. The van der Waals surface area contributed by atoms with Gasteiger partial charge in [0.1, 0.15) is 0 Å². The van der Waals surface area contributed by atoms with Crippen LogP contribution in [0.3, 0.4) is 0 Å². The van der Waals surface area contributed by atoms with Gasteiger partial charge in [-0.25, -0.2) is 4.79 Å². The van der Waals surface area contributed by atoms with Crippen LogP contribution >= 0.6 is 11.3 Å². The fourth-order valence-corrected chi connectivity index (χ4v) is 3.43. The molecule has 0 unspecified atom stereocenters. The lowest BCUT2D eigenvalue weighted by Gasteiger charge is -2.32. The number of anilines is 1. The van der Waals surface area contributed by atoms with E-state index in [-0.39, 0.29) is 18.0 Å². The van der Waals surface area contributed by atoms with E-state index in [2.05, 4.69) is 10.6 Å². The lowest BCUT2D eigenvalue weighted by Crippen LogP contribution is -2.47. The number of thiophene rings is 1. The number of aryl methyl sites for hydroxylation is 1. The zero-order chi connectivity index (χ0) is 16.9. The Morgan fingerprint density at radius 3 is 2.58 bits per heavy atom. The molecule has 1 aromatic carbocycles. The van der Waals surface area contributed by atoms with Gasteiger partial charge in [0.2, 0.25) is 0 Å². The Bertz CT molecular complexity index is 707. The summed E-state index contributed by atoms with van der Waals surface area (Å²) in [5, 5.41) is 9.75. The van der Waals surface area contributed by atoms with Gasteiger partial charge in [0.15, 0.2) is 0 Å². The molecule has 0 aliphatic carbocycles. The Balaban J connectivity index is 1.49. The van der Waals surface area contributed by atoms with Crippen molar-refractivity contribution in [3.8, 4) is 0 Å². The molecule has 0 bridgehead atoms. The van der Waals surface area contributed by atoms with Crippen LogP contribution in [0.2, 0.25) is 0 Å². The average molecular weight is 343 g/mol. The first kappa shape index (κ1) is 16.5. The topological polar surface area (TPSA) is 61.4 Å². The number of hydrogen-bond acceptors (Lipinski definition) is 3. The number of piperidine rings is 1. The van der Waals surface area contributed by atoms with Gasteiger partial charge < -0.3 is 15.5 Å². The number of urea groups is 1. The number of hydrogen-bond donors (Lipinski definition) is 2. The van der Waals surface area contributed by atoms with Crippen LogP contribution in [-0.4, -0.2) is 36.0 Å². The molecule has 3 amide bonds. The number of likely N-dealkylation sites (tertiary alicyclic amines) is 1. The van der Waals surface area contributed by atoms with Gasteiger partial charge in [-0.15, -0.1) is 0 Å². The van der Waals surface area contributed by atoms with Crippen molar-refractivity contribution < 1.29 is 9.59 Å². The summed E-state index contributed by atoms with van der Waals surface area (Å²) < 4.78 is 0. The maximum absolute atomic E-state index is 12.4. The molecule has 1 aromatic heterocycles. The van der Waals surface area contributed by atoms with E-state index in [4.69, 9.17) is 0 Å². The zero-order valence-corrected chi connectivity index (χ0v) is 14.4. The van der Waals surface area contributed by atoms with E-state index in [0.717, 1.165) is 24.1 Å². The summed E-state index contributed by atoms with van der Waals surface area (Å²) in [7, 11) is 0. The molecule has 1 aliphatic heterocycles. The molecular formula is C18H21N3O2S. The van der Waals surface area contributed by atoms with E-state index in [1.807, 2.05) is 48.0 Å². The molecular weight excluding hydrogens is 322 g/mol. The van der Waals surface area contributed by atoms with Crippen molar-refractivity contribution in [3.63, 3.8) is 0 Å². The van der Waals surface area contributed by atoms with Crippen molar-refractivity contribution in [2.24, 2.45) is 0 Å². The van der Waals surface area contributed by atoms with E-state index in [1.165, 1.54) is 11.3 Å². The van der Waals surface area contributed by atoms with Gasteiger partial charge in [-0.3, -0.25) is 4.79 Å². The Morgan fingerprint density at radius 1 is 1.17 bits per heavy atom. The van der Waals surface area contributed by atoms with Crippen LogP contribution in [-0.2, 0) is 0 Å². The van der Waals surface area contributed by atoms with Crippen LogP contribution in [0.4, 0.5) is 10.5 Å². The third-order valence-corrected chi connectivity index (χ3v) is 4.97. The van der Waals surface area contributed by atoms with E-state index in [1.54, 1.807) is 4.90 Å². The number of amides is 3. The quantitative estimate of drug-likeness (QED) is 0.896. The minimum atomic E-state index is -0.0769. The smallest absolute Gasteiger partial charge is 0.321 e. The Morgan fingerprint density at radius 2 is 1.92 bits per heavy atom. The van der Waals surface area contributed by atoms with Crippen molar-refractivity contribution in [1.29, 1.82) is 0 Å². The minimum Gasteiger partial charge on any atom is -0.349 e. The van der Waals surface area contributed by atoms with Crippen LogP contribution in [0, 0.1) is 6.92 Å². The molecule has 0 spiro atoms. The highest BCUT2D eigenvalue weighted by Gasteiger charge is 2.24. The van der Waals surface area contributed by atoms with Gasteiger partial charge in [-0.05, 0) is 42.8 Å². The first-order chi connectivity index (χ1) is 11.6. The van der Waals surface area contributed by atoms with Crippen LogP contribution in [0.25, 0.3) is 0 Å². The van der Waals surface area contributed by atoms with E-state index in [9.17, 15) is 9.59 Å². The molecule has 2 heterocycles. The maximum Gasteiger partial charge on any atom is 0.321 e. The molecule has 2 aromatic rings. The Kier molecular flexibility index (Phi) is 5.15. The molecule has 6 heteroatoms. The van der Waals surface area contributed by atoms with Crippen LogP contribution in [0.15, 0.2) is 41.1 Å². The Hall–Kier alpha value is -2.34. The predicted molar refractivity (Wildman–Crippen MR) is 96.6 cm³/mol. The SMILES string of the molecule is Cc1ccccc1NC(=O)N1CCC(NC(=O)c2ccsc2)CC1. The maximum atomic E-state index is 12.4. The molecule has 126 valence electrons. The molecule has 1 saturated heterocycles. The van der Waals surface area contributed by atoms with Gasteiger partial charge in [0, 0.05) is 35.8 Å². The zero-order valence-electron chi connectivity index (χ0n) is 13.6. The van der Waals surface area contributed by atoms with E-state index >= 15 is 0 Å². The summed E-state index contributed by atoms with van der Waals surface area (Å²) in [6, 6.07) is 9.61. The van der Waals surface area contributed by atoms with Gasteiger partial charge >= 0.3 is 6.03 Å². The summed E-state index contributed by atoms with van der Waals surface area (Å²) in [4.78, 5) is 26.2. The molecule has 0 atom stereocenters. The second-order valence-corrected chi connectivity index (χ2v) is 6.77. The highest BCUT2D eigenvalue weighted by molar-refractivity contribution is 7.08. The lowest BCUT2D eigenvalue weighted by atomic mass is 10.0. The molecule has 24 heavy (non-hydrogen) atoms. The van der Waals surface area contributed by atoms with Crippen LogP contribution < -0.4 is 10.6 Å². The third-order valence-electron chi connectivity index (χ3n) is 4.29. The highest BCUT2D eigenvalue weighted by Crippen LogP contribution is 2.17. The predicted octanol–water partition coefficient (Wildman–Crippen LogP) is 3.48. The van der Waals surface area contributed by atoms with E-state index < -0.39 is 0 Å². The first-order valence-corrected chi connectivity index (χ1v) is 9.02. The van der Waals surface area contributed by atoms with Crippen molar-refractivity contribution in [3.05, 3.63) is 52.2 Å². The lowest BCUT2D eigenvalue weighted by molar-refractivity contribution is 0.0919. The third kappa shape index (κ3) is 3.94. The Labute approximate surface area is 145 Å². The van der Waals surface area contributed by atoms with Crippen molar-refractivity contribution >= 4 is 29.0 Å². The van der Waals surface area contributed by atoms with Gasteiger partial charge in [0.25, 0.3) is 5.91 Å². The van der Waals surface area contributed by atoms with Crippen molar-refractivity contribution in [2.75, 3.05) is 18.4 Å². The molecule has 3 rings (SSSR count). The van der Waals surface area contributed by atoms with Gasteiger partial charge in [0.05, 0.1) is 0 Å². The number of rotatable bonds is 3. The summed E-state index contributed by atoms with van der Waals surface area (Å²) in [6.07, 6.45) is 1.55. The van der Waals surface area contributed by atoms with Crippen LogP contribution in [0.5, 0.6) is 0 Å². The summed E-state index contributed by atoms with van der Waals surface area (Å²) in [5.41, 5.74) is 2.60. The highest BCUT2D eigenvalue weighted by atomic mass is 32.1. The normalized spacial score (nSPS) is 15.1. The number of benzene rings is 1. The van der Waals surface area contributed by atoms with Crippen molar-refractivity contribution in [1.82, 2.24) is 10.2 Å². The van der Waals surface area contributed by atoms with Crippen LogP contribution in [0.1, 0.15) is 28.8 Å². The molecule has 2 N–H and O–H groups in total.